The van der Waals surface area contributed by atoms with Crippen LogP contribution in [-0.2, 0) is 4.79 Å². The van der Waals surface area contributed by atoms with Crippen molar-refractivity contribution in [2.45, 2.75) is 25.8 Å². The molecule has 0 radical (unpaired) electrons. The summed E-state index contributed by atoms with van der Waals surface area (Å²) in [6, 6.07) is 4.19. The molecule has 1 atom stereocenters. The molecule has 0 aliphatic carbocycles. The average Bonchev–Trinajstić information content (AvgIpc) is 3.00. The van der Waals surface area contributed by atoms with Gasteiger partial charge in [0.15, 0.2) is 6.61 Å². The number of likely N-dealkylation sites (tertiary alicyclic amines) is 1. The summed E-state index contributed by atoms with van der Waals surface area (Å²) in [5.41, 5.74) is 12.3. The largest absolute Gasteiger partial charge is 0.482 e. The lowest BCUT2D eigenvalue weighted by atomic mass is 10.1. The van der Waals surface area contributed by atoms with Crippen LogP contribution in [0.3, 0.4) is 0 Å². The van der Waals surface area contributed by atoms with Crippen LogP contribution in [0.2, 0.25) is 10.0 Å². The monoisotopic (exact) mass is 467 g/mol. The molecule has 0 saturated carbocycles. The second kappa shape index (κ2) is 9.59. The zero-order valence-electron chi connectivity index (χ0n) is 16.8. The number of hydrogen-bond acceptors (Lipinski definition) is 5. The Hall–Kier alpha value is -2.75. The zero-order valence-corrected chi connectivity index (χ0v) is 18.3. The Bertz CT molecular complexity index is 1020. The van der Waals surface area contributed by atoms with Crippen LogP contribution in [0.4, 0.5) is 5.69 Å². The molecular weight excluding hydrogens is 445 g/mol. The molecule has 166 valence electrons. The highest BCUT2D eigenvalue weighted by Crippen LogP contribution is 2.31. The van der Waals surface area contributed by atoms with E-state index in [1.54, 1.807) is 11.8 Å². The lowest BCUT2D eigenvalue weighted by molar-refractivity contribution is -0.134. The molecule has 1 fully saturated rings. The first-order chi connectivity index (χ1) is 14.7. The van der Waals surface area contributed by atoms with E-state index in [0.29, 0.717) is 18.8 Å². The molecule has 2 aromatic rings. The molecule has 9 nitrogen and oxygen atoms in total. The number of halogens is 2. The third-order valence-corrected chi connectivity index (χ3v) is 5.90. The van der Waals surface area contributed by atoms with E-state index < -0.39 is 11.8 Å². The molecule has 31 heavy (non-hydrogen) atoms. The number of benzene rings is 1. The third-order valence-electron chi connectivity index (χ3n) is 4.96. The number of nitrogens with two attached hydrogens (primary N) is 2. The number of carbonyl (C=O) groups is 3. The molecule has 3 amide bonds. The predicted octanol–water partition coefficient (Wildman–Crippen LogP) is 2.31. The van der Waals surface area contributed by atoms with Crippen LogP contribution >= 0.6 is 23.2 Å². The van der Waals surface area contributed by atoms with E-state index in [2.05, 4.69) is 10.3 Å². The van der Waals surface area contributed by atoms with E-state index in [4.69, 9.17) is 39.4 Å². The number of ether oxygens (including phenoxy) is 1. The molecule has 6 N–H and O–H groups in total. The summed E-state index contributed by atoms with van der Waals surface area (Å²) in [5, 5.41) is 2.98. The number of nitrogens with one attached hydrogen (secondary N) is 2. The Morgan fingerprint density at radius 2 is 2.03 bits per heavy atom. The number of H-pyrrole nitrogens is 1. The number of amides is 3. The number of aromatic amines is 1. The Morgan fingerprint density at radius 1 is 1.29 bits per heavy atom. The molecule has 0 bridgehead atoms. The highest BCUT2D eigenvalue weighted by molar-refractivity contribution is 6.44. The topological polar surface area (TPSA) is 144 Å². The average molecular weight is 468 g/mol. The van der Waals surface area contributed by atoms with Gasteiger partial charge in [-0.25, -0.2) is 0 Å². The van der Waals surface area contributed by atoms with Gasteiger partial charge in [-0.15, -0.1) is 0 Å². The number of aryl methyl sites for hydroxylation is 1. The smallest absolute Gasteiger partial charge is 0.273 e. The Balaban J connectivity index is 1.78. The van der Waals surface area contributed by atoms with Crippen molar-refractivity contribution in [3.05, 3.63) is 45.2 Å². The maximum atomic E-state index is 12.7. The molecule has 1 saturated heterocycles. The number of nitrogens with zero attached hydrogens (tertiary/aromatic N) is 1. The van der Waals surface area contributed by atoms with E-state index in [9.17, 15) is 14.4 Å². The second-order valence-electron chi connectivity index (χ2n) is 7.31. The van der Waals surface area contributed by atoms with E-state index in [0.717, 1.165) is 12.8 Å². The van der Waals surface area contributed by atoms with Crippen molar-refractivity contribution in [2.75, 3.05) is 25.0 Å². The van der Waals surface area contributed by atoms with Gasteiger partial charge in [0.1, 0.15) is 11.4 Å². The van der Waals surface area contributed by atoms with E-state index in [-0.39, 0.29) is 51.3 Å². The van der Waals surface area contributed by atoms with Crippen molar-refractivity contribution < 1.29 is 19.1 Å². The number of primary amides is 1. The molecule has 0 spiro atoms. The molecule has 1 aromatic heterocycles. The fourth-order valence-electron chi connectivity index (χ4n) is 3.28. The van der Waals surface area contributed by atoms with Gasteiger partial charge in [-0.3, -0.25) is 14.4 Å². The SMILES string of the molecule is Cc1[nH]c(C(=O)Nc2ccc(C(N)=O)cc2OCC(=O)N2CCCC(N)C2)c(Cl)c1Cl. The minimum atomic E-state index is -0.675. The van der Waals surface area contributed by atoms with Gasteiger partial charge in [-0.05, 0) is 38.0 Å². The maximum Gasteiger partial charge on any atom is 0.273 e. The number of aromatic nitrogens is 1. The van der Waals surface area contributed by atoms with Gasteiger partial charge in [-0.2, -0.15) is 0 Å². The number of carbonyl (C=O) groups excluding carboxylic acids is 3. The van der Waals surface area contributed by atoms with Crippen LogP contribution in [0.25, 0.3) is 0 Å². The zero-order chi connectivity index (χ0) is 22.7. The first-order valence-corrected chi connectivity index (χ1v) is 10.4. The van der Waals surface area contributed by atoms with Crippen LogP contribution in [0, 0.1) is 6.92 Å². The van der Waals surface area contributed by atoms with E-state index >= 15 is 0 Å². The van der Waals surface area contributed by atoms with E-state index in [1.807, 2.05) is 0 Å². The molecule has 1 aliphatic rings. The Labute approximate surface area is 189 Å². The standard InChI is InChI=1S/C20H23Cl2N5O4/c1-10-16(21)17(22)18(25-10)20(30)26-13-5-4-11(19(24)29)7-14(13)31-9-15(28)27-6-2-3-12(23)8-27/h4-5,7,12,25H,2-3,6,8-9,23H2,1H3,(H2,24,29)(H,26,30). The first kappa shape index (κ1) is 22.9. The lowest BCUT2D eigenvalue weighted by Crippen LogP contribution is -2.47. The quantitative estimate of drug-likeness (QED) is 0.515. The summed E-state index contributed by atoms with van der Waals surface area (Å²) in [4.78, 5) is 41.2. The maximum absolute atomic E-state index is 12.7. The van der Waals surface area contributed by atoms with Gasteiger partial charge < -0.3 is 31.4 Å². The summed E-state index contributed by atoms with van der Waals surface area (Å²) in [6.07, 6.45) is 1.69. The molecule has 11 heteroatoms. The lowest BCUT2D eigenvalue weighted by Gasteiger charge is -2.30. The van der Waals surface area contributed by atoms with Crippen molar-refractivity contribution in [3.8, 4) is 5.75 Å². The third kappa shape index (κ3) is 5.30. The number of anilines is 1. The summed E-state index contributed by atoms with van der Waals surface area (Å²) in [5.74, 6) is -1.37. The Kier molecular flexibility index (Phi) is 7.09. The van der Waals surface area contributed by atoms with Crippen molar-refractivity contribution in [1.82, 2.24) is 9.88 Å². The van der Waals surface area contributed by atoms with Gasteiger partial charge in [0.25, 0.3) is 11.8 Å². The van der Waals surface area contributed by atoms with Gasteiger partial charge in [0.2, 0.25) is 5.91 Å². The van der Waals surface area contributed by atoms with Crippen LogP contribution in [-0.4, -0.2) is 53.3 Å². The van der Waals surface area contributed by atoms with Gasteiger partial charge >= 0.3 is 0 Å². The van der Waals surface area contributed by atoms with Crippen LogP contribution < -0.4 is 21.5 Å². The fourth-order valence-corrected chi connectivity index (χ4v) is 3.69. The second-order valence-corrected chi connectivity index (χ2v) is 8.07. The number of piperidine rings is 1. The van der Waals surface area contributed by atoms with E-state index in [1.165, 1.54) is 18.2 Å². The van der Waals surface area contributed by atoms with Gasteiger partial charge in [-0.1, -0.05) is 23.2 Å². The van der Waals surface area contributed by atoms with Gasteiger partial charge in [0, 0.05) is 30.4 Å². The van der Waals surface area contributed by atoms with Crippen molar-refractivity contribution in [3.63, 3.8) is 0 Å². The predicted molar refractivity (Wildman–Crippen MR) is 118 cm³/mol. The number of rotatable bonds is 6. The molecule has 3 rings (SSSR count). The Morgan fingerprint density at radius 3 is 2.65 bits per heavy atom. The summed E-state index contributed by atoms with van der Waals surface area (Å²) in [6.45, 7) is 2.45. The highest BCUT2D eigenvalue weighted by atomic mass is 35.5. The van der Waals surface area contributed by atoms with Crippen LogP contribution in [0.1, 0.15) is 39.4 Å². The van der Waals surface area contributed by atoms with Crippen molar-refractivity contribution in [2.24, 2.45) is 11.5 Å². The normalized spacial score (nSPS) is 16.1. The number of hydrogen-bond donors (Lipinski definition) is 4. The molecule has 2 heterocycles. The molecule has 1 aliphatic heterocycles. The van der Waals surface area contributed by atoms with Crippen molar-refractivity contribution >= 4 is 46.6 Å². The van der Waals surface area contributed by atoms with Crippen LogP contribution in [0.15, 0.2) is 18.2 Å². The minimum absolute atomic E-state index is 0.0634. The molecule has 1 unspecified atom stereocenters. The summed E-state index contributed by atoms with van der Waals surface area (Å²) >= 11 is 12.1. The summed E-state index contributed by atoms with van der Waals surface area (Å²) < 4.78 is 5.65. The van der Waals surface area contributed by atoms with Gasteiger partial charge in [0.05, 0.1) is 15.7 Å². The fraction of sp³-hybridized carbons (Fsp3) is 0.350. The highest BCUT2D eigenvalue weighted by Gasteiger charge is 2.23. The summed E-state index contributed by atoms with van der Waals surface area (Å²) in [7, 11) is 0. The molecule has 1 aromatic carbocycles. The minimum Gasteiger partial charge on any atom is -0.482 e. The van der Waals surface area contributed by atoms with Crippen LogP contribution in [0.5, 0.6) is 5.75 Å². The molecular formula is C20H23Cl2N5O4. The first-order valence-electron chi connectivity index (χ1n) is 9.62. The van der Waals surface area contributed by atoms with Crippen molar-refractivity contribution in [1.29, 1.82) is 0 Å².